The molecule has 6 heteroatoms. The number of rotatable bonds is 2. The van der Waals surface area contributed by atoms with E-state index >= 15 is 0 Å². The van der Waals surface area contributed by atoms with Crippen LogP contribution in [0.3, 0.4) is 0 Å². The number of anilines is 1. The standard InChI is InChI=1S/C12H14ClF3N2/c13-11-4-3-8(6-10(11)12(14,15)16)18-9-2-1-5-17-7-9/h3-4,6,9,17-18H,1-2,5,7H2. The van der Waals surface area contributed by atoms with Crippen molar-refractivity contribution in [3.05, 3.63) is 28.8 Å². The third-order valence-corrected chi connectivity index (χ3v) is 3.27. The molecule has 2 N–H and O–H groups in total. The lowest BCUT2D eigenvalue weighted by Crippen LogP contribution is -2.38. The maximum atomic E-state index is 12.7. The van der Waals surface area contributed by atoms with Gasteiger partial charge in [-0.25, -0.2) is 0 Å². The monoisotopic (exact) mass is 278 g/mol. The van der Waals surface area contributed by atoms with Gasteiger partial charge in [0.05, 0.1) is 10.6 Å². The van der Waals surface area contributed by atoms with Gasteiger partial charge in [0.1, 0.15) is 0 Å². The molecule has 0 aliphatic carbocycles. The number of hydrogen-bond donors (Lipinski definition) is 2. The van der Waals surface area contributed by atoms with Crippen LogP contribution in [0.15, 0.2) is 18.2 Å². The number of halogens is 4. The highest BCUT2D eigenvalue weighted by Crippen LogP contribution is 2.36. The minimum atomic E-state index is -4.42. The van der Waals surface area contributed by atoms with Crippen LogP contribution in [-0.4, -0.2) is 19.1 Å². The number of benzene rings is 1. The summed E-state index contributed by atoms with van der Waals surface area (Å²) < 4.78 is 38.0. The fraction of sp³-hybridized carbons (Fsp3) is 0.500. The second kappa shape index (κ2) is 5.36. The third-order valence-electron chi connectivity index (χ3n) is 2.94. The van der Waals surface area contributed by atoms with E-state index in [0.717, 1.165) is 32.0 Å². The van der Waals surface area contributed by atoms with Crippen molar-refractivity contribution in [1.82, 2.24) is 5.32 Å². The molecule has 0 bridgehead atoms. The number of alkyl halides is 3. The van der Waals surface area contributed by atoms with E-state index in [-0.39, 0.29) is 11.1 Å². The summed E-state index contributed by atoms with van der Waals surface area (Å²) in [5, 5.41) is 6.03. The molecule has 1 fully saturated rings. The van der Waals surface area contributed by atoms with Crippen LogP contribution in [0, 0.1) is 0 Å². The summed E-state index contributed by atoms with van der Waals surface area (Å²) >= 11 is 5.56. The van der Waals surface area contributed by atoms with Gasteiger partial charge in [-0.15, -0.1) is 0 Å². The van der Waals surface area contributed by atoms with Gasteiger partial charge in [0.25, 0.3) is 0 Å². The highest BCUT2D eigenvalue weighted by atomic mass is 35.5. The molecule has 0 saturated carbocycles. The van der Waals surface area contributed by atoms with Gasteiger partial charge in [0.2, 0.25) is 0 Å². The molecular weight excluding hydrogens is 265 g/mol. The molecule has 18 heavy (non-hydrogen) atoms. The lowest BCUT2D eigenvalue weighted by molar-refractivity contribution is -0.137. The second-order valence-corrected chi connectivity index (χ2v) is 4.79. The minimum absolute atomic E-state index is 0.168. The molecular formula is C12H14ClF3N2. The Balaban J connectivity index is 2.14. The van der Waals surface area contributed by atoms with Gasteiger partial charge in [0.15, 0.2) is 0 Å². The van der Waals surface area contributed by atoms with E-state index in [2.05, 4.69) is 10.6 Å². The largest absolute Gasteiger partial charge is 0.417 e. The normalized spacial score (nSPS) is 20.8. The lowest BCUT2D eigenvalue weighted by Gasteiger charge is -2.25. The van der Waals surface area contributed by atoms with E-state index in [0.29, 0.717) is 5.69 Å². The van der Waals surface area contributed by atoms with E-state index in [1.807, 2.05) is 0 Å². The fourth-order valence-corrected chi connectivity index (χ4v) is 2.27. The molecule has 1 atom stereocenters. The van der Waals surface area contributed by atoms with E-state index < -0.39 is 11.7 Å². The first kappa shape index (κ1) is 13.5. The Kier molecular flexibility index (Phi) is 4.02. The van der Waals surface area contributed by atoms with E-state index in [1.165, 1.54) is 6.07 Å². The van der Waals surface area contributed by atoms with Crippen LogP contribution in [0.5, 0.6) is 0 Å². The topological polar surface area (TPSA) is 24.1 Å². The Morgan fingerprint density at radius 2 is 2.11 bits per heavy atom. The summed E-state index contributed by atoms with van der Waals surface area (Å²) in [6.45, 7) is 1.73. The Labute approximate surface area is 109 Å². The van der Waals surface area contributed by atoms with E-state index in [1.54, 1.807) is 6.07 Å². The Morgan fingerprint density at radius 1 is 1.33 bits per heavy atom. The zero-order chi connectivity index (χ0) is 13.2. The van der Waals surface area contributed by atoms with Crippen LogP contribution >= 0.6 is 11.6 Å². The van der Waals surface area contributed by atoms with Crippen LogP contribution in [0.25, 0.3) is 0 Å². The highest BCUT2D eigenvalue weighted by Gasteiger charge is 2.33. The van der Waals surface area contributed by atoms with Crippen molar-refractivity contribution in [2.24, 2.45) is 0 Å². The molecule has 2 rings (SSSR count). The Hall–Kier alpha value is -0.940. The molecule has 0 spiro atoms. The molecule has 1 saturated heterocycles. The van der Waals surface area contributed by atoms with Gasteiger partial charge in [-0.3, -0.25) is 0 Å². The zero-order valence-corrected chi connectivity index (χ0v) is 10.4. The molecule has 0 amide bonds. The van der Waals surface area contributed by atoms with Crippen LogP contribution in [0.4, 0.5) is 18.9 Å². The summed E-state index contributed by atoms with van der Waals surface area (Å²) in [4.78, 5) is 0. The molecule has 1 unspecified atom stereocenters. The van der Waals surface area contributed by atoms with Crippen molar-refractivity contribution in [1.29, 1.82) is 0 Å². The number of hydrogen-bond acceptors (Lipinski definition) is 2. The van der Waals surface area contributed by atoms with Gasteiger partial charge < -0.3 is 10.6 Å². The molecule has 1 aromatic rings. The van der Waals surface area contributed by atoms with E-state index in [4.69, 9.17) is 11.6 Å². The van der Waals surface area contributed by atoms with Crippen molar-refractivity contribution in [3.8, 4) is 0 Å². The van der Waals surface area contributed by atoms with Crippen molar-refractivity contribution >= 4 is 17.3 Å². The second-order valence-electron chi connectivity index (χ2n) is 4.38. The van der Waals surface area contributed by atoms with Gasteiger partial charge >= 0.3 is 6.18 Å². The maximum Gasteiger partial charge on any atom is 0.417 e. The Morgan fingerprint density at radius 3 is 2.72 bits per heavy atom. The van der Waals surface area contributed by atoms with Crippen molar-refractivity contribution in [2.75, 3.05) is 18.4 Å². The molecule has 1 aromatic carbocycles. The summed E-state index contributed by atoms with van der Waals surface area (Å²) in [6.07, 6.45) is -2.44. The minimum Gasteiger partial charge on any atom is -0.381 e. The zero-order valence-electron chi connectivity index (χ0n) is 9.65. The van der Waals surface area contributed by atoms with Crippen LogP contribution in [0.1, 0.15) is 18.4 Å². The van der Waals surface area contributed by atoms with Gasteiger partial charge in [0, 0.05) is 18.3 Å². The number of piperidine rings is 1. The molecule has 0 aromatic heterocycles. The molecule has 1 aliphatic heterocycles. The summed E-state index contributed by atoms with van der Waals surface area (Å²) in [7, 11) is 0. The quantitative estimate of drug-likeness (QED) is 0.865. The molecule has 100 valence electrons. The van der Waals surface area contributed by atoms with E-state index in [9.17, 15) is 13.2 Å². The van der Waals surface area contributed by atoms with Crippen molar-refractivity contribution in [3.63, 3.8) is 0 Å². The number of nitrogens with one attached hydrogen (secondary N) is 2. The summed E-state index contributed by atoms with van der Waals surface area (Å²) in [6, 6.07) is 4.09. The summed E-state index contributed by atoms with van der Waals surface area (Å²) in [5.74, 6) is 0. The first-order chi connectivity index (χ1) is 8.47. The van der Waals surface area contributed by atoms with Crippen LogP contribution in [0.2, 0.25) is 5.02 Å². The van der Waals surface area contributed by atoms with Crippen LogP contribution < -0.4 is 10.6 Å². The first-order valence-electron chi connectivity index (χ1n) is 5.81. The molecule has 1 aliphatic rings. The predicted molar refractivity (Wildman–Crippen MR) is 66.0 cm³/mol. The molecule has 2 nitrogen and oxygen atoms in total. The lowest BCUT2D eigenvalue weighted by atomic mass is 10.1. The van der Waals surface area contributed by atoms with Gasteiger partial charge in [-0.1, -0.05) is 11.6 Å². The SMILES string of the molecule is FC(F)(F)c1cc(NC2CCCNC2)ccc1Cl. The third kappa shape index (κ3) is 3.29. The molecule has 1 heterocycles. The average molecular weight is 279 g/mol. The van der Waals surface area contributed by atoms with Crippen molar-refractivity contribution in [2.45, 2.75) is 25.1 Å². The smallest absolute Gasteiger partial charge is 0.381 e. The van der Waals surface area contributed by atoms with Crippen LogP contribution in [-0.2, 0) is 6.18 Å². The fourth-order valence-electron chi connectivity index (χ4n) is 2.04. The Bertz CT molecular complexity index is 414. The predicted octanol–water partition coefficient (Wildman–Crippen LogP) is 3.52. The maximum absolute atomic E-state index is 12.7. The van der Waals surface area contributed by atoms with Gasteiger partial charge in [-0.2, -0.15) is 13.2 Å². The summed E-state index contributed by atoms with van der Waals surface area (Å²) in [5.41, 5.74) is -0.335. The first-order valence-corrected chi connectivity index (χ1v) is 6.18. The molecule has 0 radical (unpaired) electrons. The average Bonchev–Trinajstić information content (AvgIpc) is 2.31. The highest BCUT2D eigenvalue weighted by molar-refractivity contribution is 6.31. The van der Waals surface area contributed by atoms with Gasteiger partial charge in [-0.05, 0) is 37.6 Å². The van der Waals surface area contributed by atoms with Crippen molar-refractivity contribution < 1.29 is 13.2 Å².